The standard InChI is InChI=1S/C16H13ClN2O/c17-14-7-5-12(6-8-14)10-19-11-13(9-18-20)15-3-1-2-4-16(15)19/h1-9,11,20H,10H2. The zero-order valence-electron chi connectivity index (χ0n) is 10.7. The SMILES string of the molecule is ON=Cc1cn(Cc2ccc(Cl)cc2)c2ccccc12. The average Bonchev–Trinajstić information content (AvgIpc) is 2.81. The number of benzene rings is 2. The van der Waals surface area contributed by atoms with E-state index >= 15 is 0 Å². The predicted octanol–water partition coefficient (Wildman–Crippen LogP) is 4.15. The summed E-state index contributed by atoms with van der Waals surface area (Å²) in [7, 11) is 0. The lowest BCUT2D eigenvalue weighted by atomic mass is 10.2. The Balaban J connectivity index is 2.05. The molecule has 0 atom stereocenters. The normalized spacial score (nSPS) is 11.4. The van der Waals surface area contributed by atoms with Gasteiger partial charge in [-0.25, -0.2) is 0 Å². The van der Waals surface area contributed by atoms with E-state index in [4.69, 9.17) is 16.8 Å². The van der Waals surface area contributed by atoms with E-state index in [9.17, 15) is 0 Å². The molecule has 0 aliphatic carbocycles. The van der Waals surface area contributed by atoms with Gasteiger partial charge in [0.2, 0.25) is 0 Å². The highest BCUT2D eigenvalue weighted by molar-refractivity contribution is 6.30. The Hall–Kier alpha value is -2.26. The number of halogens is 1. The molecular formula is C16H13ClN2O. The van der Waals surface area contributed by atoms with Crippen molar-refractivity contribution in [3.05, 3.63) is 70.9 Å². The molecule has 0 spiro atoms. The van der Waals surface area contributed by atoms with Gasteiger partial charge in [-0.05, 0) is 23.8 Å². The Labute approximate surface area is 121 Å². The van der Waals surface area contributed by atoms with Crippen LogP contribution < -0.4 is 0 Å². The van der Waals surface area contributed by atoms with E-state index in [0.29, 0.717) is 0 Å². The monoisotopic (exact) mass is 284 g/mol. The van der Waals surface area contributed by atoms with Gasteiger partial charge in [0, 0.05) is 34.2 Å². The van der Waals surface area contributed by atoms with Crippen LogP contribution in [0.3, 0.4) is 0 Å². The van der Waals surface area contributed by atoms with Gasteiger partial charge < -0.3 is 9.77 Å². The van der Waals surface area contributed by atoms with E-state index < -0.39 is 0 Å². The molecule has 0 amide bonds. The molecule has 20 heavy (non-hydrogen) atoms. The molecule has 0 radical (unpaired) electrons. The Kier molecular flexibility index (Phi) is 3.44. The highest BCUT2D eigenvalue weighted by Gasteiger charge is 2.07. The first kappa shape index (κ1) is 12.8. The number of rotatable bonds is 3. The molecular weight excluding hydrogens is 272 g/mol. The second kappa shape index (κ2) is 5.39. The van der Waals surface area contributed by atoms with Crippen LogP contribution in [0.2, 0.25) is 5.02 Å². The van der Waals surface area contributed by atoms with Crippen LogP contribution in [0.25, 0.3) is 10.9 Å². The van der Waals surface area contributed by atoms with Gasteiger partial charge in [-0.1, -0.05) is 47.1 Å². The summed E-state index contributed by atoms with van der Waals surface area (Å²) in [5.74, 6) is 0. The van der Waals surface area contributed by atoms with Crippen LogP contribution in [-0.4, -0.2) is 16.0 Å². The zero-order chi connectivity index (χ0) is 13.9. The summed E-state index contributed by atoms with van der Waals surface area (Å²) in [6.45, 7) is 0.747. The molecule has 0 saturated carbocycles. The number of hydrogen-bond acceptors (Lipinski definition) is 2. The smallest absolute Gasteiger partial charge is 0.0755 e. The summed E-state index contributed by atoms with van der Waals surface area (Å²) in [6, 6.07) is 15.8. The lowest BCUT2D eigenvalue weighted by molar-refractivity contribution is 0.322. The summed E-state index contributed by atoms with van der Waals surface area (Å²) < 4.78 is 2.13. The minimum absolute atomic E-state index is 0.735. The van der Waals surface area contributed by atoms with Crippen molar-refractivity contribution in [3.63, 3.8) is 0 Å². The third-order valence-electron chi connectivity index (χ3n) is 3.28. The van der Waals surface area contributed by atoms with Crippen LogP contribution >= 0.6 is 11.6 Å². The van der Waals surface area contributed by atoms with Crippen molar-refractivity contribution in [1.29, 1.82) is 0 Å². The van der Waals surface area contributed by atoms with E-state index in [1.165, 1.54) is 11.8 Å². The highest BCUT2D eigenvalue weighted by atomic mass is 35.5. The first-order valence-corrected chi connectivity index (χ1v) is 6.65. The number of para-hydroxylation sites is 1. The fraction of sp³-hybridized carbons (Fsp3) is 0.0625. The molecule has 2 aromatic carbocycles. The van der Waals surface area contributed by atoms with Crippen molar-refractivity contribution in [2.24, 2.45) is 5.16 Å². The first-order valence-electron chi connectivity index (χ1n) is 6.27. The van der Waals surface area contributed by atoms with Gasteiger partial charge in [-0.2, -0.15) is 0 Å². The maximum Gasteiger partial charge on any atom is 0.0755 e. The molecule has 0 saturated heterocycles. The highest BCUT2D eigenvalue weighted by Crippen LogP contribution is 2.21. The summed E-state index contributed by atoms with van der Waals surface area (Å²) in [5, 5.41) is 13.7. The Morgan fingerprint density at radius 1 is 1.10 bits per heavy atom. The lowest BCUT2D eigenvalue weighted by Crippen LogP contribution is -1.97. The average molecular weight is 285 g/mol. The maximum atomic E-state index is 8.75. The number of nitrogens with zero attached hydrogens (tertiary/aromatic N) is 2. The molecule has 100 valence electrons. The van der Waals surface area contributed by atoms with E-state index in [1.54, 1.807) is 0 Å². The Bertz CT molecular complexity index is 760. The minimum atomic E-state index is 0.735. The Morgan fingerprint density at radius 3 is 2.60 bits per heavy atom. The van der Waals surface area contributed by atoms with E-state index in [0.717, 1.165) is 28.0 Å². The molecule has 0 aliphatic rings. The third kappa shape index (κ3) is 2.40. The fourth-order valence-electron chi connectivity index (χ4n) is 2.36. The van der Waals surface area contributed by atoms with E-state index in [2.05, 4.69) is 15.8 Å². The number of fused-ring (bicyclic) bond motifs is 1. The zero-order valence-corrected chi connectivity index (χ0v) is 11.5. The molecule has 3 nitrogen and oxygen atoms in total. The van der Waals surface area contributed by atoms with Gasteiger partial charge in [-0.3, -0.25) is 0 Å². The van der Waals surface area contributed by atoms with Gasteiger partial charge in [0.25, 0.3) is 0 Å². The van der Waals surface area contributed by atoms with E-state index in [-0.39, 0.29) is 0 Å². The molecule has 1 heterocycles. The molecule has 0 fully saturated rings. The van der Waals surface area contributed by atoms with Crippen molar-refractivity contribution in [2.45, 2.75) is 6.54 Å². The van der Waals surface area contributed by atoms with Gasteiger partial charge >= 0.3 is 0 Å². The van der Waals surface area contributed by atoms with Crippen LogP contribution in [0.4, 0.5) is 0 Å². The molecule has 0 bridgehead atoms. The molecule has 1 aromatic heterocycles. The summed E-state index contributed by atoms with van der Waals surface area (Å²) >= 11 is 5.90. The summed E-state index contributed by atoms with van der Waals surface area (Å²) in [6.07, 6.45) is 3.44. The molecule has 1 N–H and O–H groups in total. The van der Waals surface area contributed by atoms with Crippen molar-refractivity contribution in [3.8, 4) is 0 Å². The molecule has 3 aromatic rings. The van der Waals surface area contributed by atoms with E-state index in [1.807, 2.05) is 48.7 Å². The van der Waals surface area contributed by atoms with Crippen LogP contribution in [0.1, 0.15) is 11.1 Å². The van der Waals surface area contributed by atoms with Crippen LogP contribution in [0.15, 0.2) is 59.9 Å². The largest absolute Gasteiger partial charge is 0.411 e. The quantitative estimate of drug-likeness (QED) is 0.438. The van der Waals surface area contributed by atoms with Crippen LogP contribution in [0.5, 0.6) is 0 Å². The third-order valence-corrected chi connectivity index (χ3v) is 3.53. The Morgan fingerprint density at radius 2 is 1.85 bits per heavy atom. The van der Waals surface area contributed by atoms with Crippen molar-refractivity contribution in [2.75, 3.05) is 0 Å². The van der Waals surface area contributed by atoms with Gasteiger partial charge in [0.15, 0.2) is 0 Å². The summed E-state index contributed by atoms with van der Waals surface area (Å²) in [4.78, 5) is 0. The molecule has 4 heteroatoms. The second-order valence-corrected chi connectivity index (χ2v) is 5.04. The first-order chi connectivity index (χ1) is 9.78. The molecule has 0 aliphatic heterocycles. The molecule has 0 unspecified atom stereocenters. The van der Waals surface area contributed by atoms with Gasteiger partial charge in [0.05, 0.1) is 6.21 Å². The van der Waals surface area contributed by atoms with Crippen molar-refractivity contribution in [1.82, 2.24) is 4.57 Å². The lowest BCUT2D eigenvalue weighted by Gasteiger charge is -2.05. The summed E-state index contributed by atoms with van der Waals surface area (Å²) in [5.41, 5.74) is 3.18. The number of hydrogen-bond donors (Lipinski definition) is 1. The topological polar surface area (TPSA) is 37.5 Å². The second-order valence-electron chi connectivity index (χ2n) is 4.60. The minimum Gasteiger partial charge on any atom is -0.411 e. The van der Waals surface area contributed by atoms with Crippen LogP contribution in [-0.2, 0) is 6.54 Å². The number of aromatic nitrogens is 1. The molecule has 3 rings (SSSR count). The maximum absolute atomic E-state index is 8.75. The van der Waals surface area contributed by atoms with Gasteiger partial charge in [-0.15, -0.1) is 0 Å². The fourth-order valence-corrected chi connectivity index (χ4v) is 2.48. The van der Waals surface area contributed by atoms with Crippen molar-refractivity contribution >= 4 is 28.7 Å². The van der Waals surface area contributed by atoms with Gasteiger partial charge in [0.1, 0.15) is 0 Å². The predicted molar refractivity (Wildman–Crippen MR) is 81.9 cm³/mol. The van der Waals surface area contributed by atoms with Crippen LogP contribution in [0, 0.1) is 0 Å². The van der Waals surface area contributed by atoms with Crippen molar-refractivity contribution < 1.29 is 5.21 Å². The number of oxime groups is 1.